The fourth-order valence-corrected chi connectivity index (χ4v) is 3.10. The van der Waals surface area contributed by atoms with Crippen molar-refractivity contribution in [2.75, 3.05) is 0 Å². The number of aryl methyl sites for hydroxylation is 1. The van der Waals surface area contributed by atoms with Gasteiger partial charge in [0.05, 0.1) is 0 Å². The molecular weight excluding hydrogens is 270 g/mol. The van der Waals surface area contributed by atoms with E-state index in [0.717, 1.165) is 20.9 Å². The molecule has 3 rings (SSSR count). The predicted octanol–water partition coefficient (Wildman–Crippen LogP) is 4.10. The number of aromatic nitrogens is 1. The van der Waals surface area contributed by atoms with Crippen LogP contribution in [0.1, 0.15) is 16.1 Å². The number of aromatic carboxylic acids is 1. The molecule has 0 unspecified atom stereocenters. The van der Waals surface area contributed by atoms with Crippen molar-refractivity contribution in [3.63, 3.8) is 0 Å². The summed E-state index contributed by atoms with van der Waals surface area (Å²) < 4.78 is 1.74. The van der Waals surface area contributed by atoms with Crippen molar-refractivity contribution >= 4 is 23.2 Å². The van der Waals surface area contributed by atoms with Crippen LogP contribution < -0.4 is 0 Å². The standard InChI is InChI=1S/C16H13NO2S/c1-11-9-12-7-8-14(10-17(12)15(11)16(18)19)20-13-5-3-2-4-6-13/h2-10H,1H3,(H,18,19). The van der Waals surface area contributed by atoms with E-state index in [-0.39, 0.29) is 0 Å². The predicted molar refractivity (Wildman–Crippen MR) is 79.7 cm³/mol. The van der Waals surface area contributed by atoms with Crippen molar-refractivity contribution in [3.8, 4) is 0 Å². The van der Waals surface area contributed by atoms with Crippen LogP contribution in [0.15, 0.2) is 64.5 Å². The number of carboxylic acids is 1. The van der Waals surface area contributed by atoms with E-state index in [1.807, 2.05) is 61.7 Å². The summed E-state index contributed by atoms with van der Waals surface area (Å²) in [5.41, 5.74) is 2.01. The molecule has 1 aromatic carbocycles. The quantitative estimate of drug-likeness (QED) is 0.787. The van der Waals surface area contributed by atoms with E-state index in [1.54, 1.807) is 16.2 Å². The Labute approximate surface area is 120 Å². The Balaban J connectivity index is 2.06. The number of nitrogens with zero attached hydrogens (tertiary/aromatic N) is 1. The molecular formula is C16H13NO2S. The van der Waals surface area contributed by atoms with E-state index in [1.165, 1.54) is 0 Å². The van der Waals surface area contributed by atoms with E-state index in [2.05, 4.69) is 0 Å². The SMILES string of the molecule is Cc1cc2ccc(Sc3ccccc3)cn2c1C(=O)O. The van der Waals surface area contributed by atoms with Crippen LogP contribution in [0.25, 0.3) is 5.52 Å². The Kier molecular flexibility index (Phi) is 3.24. The molecule has 0 saturated heterocycles. The highest BCUT2D eigenvalue weighted by Crippen LogP contribution is 2.28. The second kappa shape index (κ2) is 5.06. The normalized spacial score (nSPS) is 10.8. The molecule has 0 radical (unpaired) electrons. The molecule has 2 aromatic heterocycles. The summed E-state index contributed by atoms with van der Waals surface area (Å²) in [5.74, 6) is -0.899. The molecule has 0 bridgehead atoms. The lowest BCUT2D eigenvalue weighted by Crippen LogP contribution is -2.03. The highest BCUT2D eigenvalue weighted by molar-refractivity contribution is 7.99. The molecule has 20 heavy (non-hydrogen) atoms. The summed E-state index contributed by atoms with van der Waals surface area (Å²) in [5, 5.41) is 9.31. The molecule has 0 aliphatic carbocycles. The van der Waals surface area contributed by atoms with Crippen molar-refractivity contribution in [2.24, 2.45) is 0 Å². The van der Waals surface area contributed by atoms with Crippen molar-refractivity contribution in [3.05, 3.63) is 66.0 Å². The zero-order valence-corrected chi connectivity index (χ0v) is 11.7. The third-order valence-electron chi connectivity index (χ3n) is 3.11. The van der Waals surface area contributed by atoms with Crippen LogP contribution in [0, 0.1) is 6.92 Å². The maximum absolute atomic E-state index is 11.3. The van der Waals surface area contributed by atoms with Crippen molar-refractivity contribution in [2.45, 2.75) is 16.7 Å². The van der Waals surface area contributed by atoms with E-state index < -0.39 is 5.97 Å². The largest absolute Gasteiger partial charge is 0.477 e. The third-order valence-corrected chi connectivity index (χ3v) is 4.10. The van der Waals surface area contributed by atoms with Gasteiger partial charge in [-0.2, -0.15) is 0 Å². The molecule has 3 aromatic rings. The Morgan fingerprint density at radius 2 is 1.85 bits per heavy atom. The van der Waals surface area contributed by atoms with E-state index in [0.29, 0.717) is 5.69 Å². The highest BCUT2D eigenvalue weighted by Gasteiger charge is 2.13. The van der Waals surface area contributed by atoms with Gasteiger partial charge in [-0.3, -0.25) is 0 Å². The van der Waals surface area contributed by atoms with Crippen LogP contribution >= 0.6 is 11.8 Å². The fourth-order valence-electron chi connectivity index (χ4n) is 2.24. The maximum atomic E-state index is 11.3. The lowest BCUT2D eigenvalue weighted by molar-refractivity contribution is 0.0688. The molecule has 0 saturated carbocycles. The number of benzene rings is 1. The van der Waals surface area contributed by atoms with Crippen LogP contribution in [0.4, 0.5) is 0 Å². The monoisotopic (exact) mass is 283 g/mol. The fraction of sp³-hybridized carbons (Fsp3) is 0.0625. The van der Waals surface area contributed by atoms with Gasteiger partial charge in [-0.05, 0) is 42.8 Å². The summed E-state index contributed by atoms with van der Waals surface area (Å²) >= 11 is 1.62. The average molecular weight is 283 g/mol. The Bertz CT molecular complexity index is 778. The molecule has 0 spiro atoms. The van der Waals surface area contributed by atoms with Gasteiger partial charge in [0.25, 0.3) is 0 Å². The van der Waals surface area contributed by atoms with Crippen LogP contribution in [-0.4, -0.2) is 15.5 Å². The molecule has 0 fully saturated rings. The lowest BCUT2D eigenvalue weighted by Gasteiger charge is -2.04. The minimum atomic E-state index is -0.899. The first kappa shape index (κ1) is 12.8. The van der Waals surface area contributed by atoms with Crippen LogP contribution in [0.5, 0.6) is 0 Å². The Morgan fingerprint density at radius 1 is 1.10 bits per heavy atom. The van der Waals surface area contributed by atoms with E-state index in [4.69, 9.17) is 0 Å². The second-order valence-electron chi connectivity index (χ2n) is 4.56. The van der Waals surface area contributed by atoms with Gasteiger partial charge in [0, 0.05) is 21.5 Å². The molecule has 0 aliphatic rings. The maximum Gasteiger partial charge on any atom is 0.353 e. The van der Waals surface area contributed by atoms with Gasteiger partial charge in [-0.1, -0.05) is 30.0 Å². The molecule has 2 heterocycles. The highest BCUT2D eigenvalue weighted by atomic mass is 32.2. The van der Waals surface area contributed by atoms with Crippen LogP contribution in [-0.2, 0) is 0 Å². The molecule has 0 amide bonds. The molecule has 100 valence electrons. The Morgan fingerprint density at radius 3 is 2.55 bits per heavy atom. The topological polar surface area (TPSA) is 41.7 Å². The molecule has 1 N–H and O–H groups in total. The van der Waals surface area contributed by atoms with Gasteiger partial charge in [-0.25, -0.2) is 4.79 Å². The minimum absolute atomic E-state index is 0.329. The summed E-state index contributed by atoms with van der Waals surface area (Å²) in [4.78, 5) is 13.5. The summed E-state index contributed by atoms with van der Waals surface area (Å²) in [6, 6.07) is 15.9. The summed E-state index contributed by atoms with van der Waals surface area (Å²) in [6.07, 6.45) is 1.88. The molecule has 0 aliphatic heterocycles. The lowest BCUT2D eigenvalue weighted by atomic mass is 10.3. The molecule has 0 atom stereocenters. The third kappa shape index (κ3) is 2.30. The number of hydrogen-bond donors (Lipinski definition) is 1. The van der Waals surface area contributed by atoms with Gasteiger partial charge < -0.3 is 9.51 Å². The van der Waals surface area contributed by atoms with Gasteiger partial charge in [0.15, 0.2) is 0 Å². The summed E-state index contributed by atoms with van der Waals surface area (Å²) in [6.45, 7) is 1.82. The smallest absolute Gasteiger partial charge is 0.353 e. The molecule has 4 heteroatoms. The number of pyridine rings is 1. The zero-order valence-electron chi connectivity index (χ0n) is 10.9. The van der Waals surface area contributed by atoms with E-state index >= 15 is 0 Å². The van der Waals surface area contributed by atoms with Gasteiger partial charge in [0.1, 0.15) is 5.69 Å². The number of rotatable bonds is 3. The number of carbonyl (C=O) groups is 1. The average Bonchev–Trinajstić information content (AvgIpc) is 2.75. The van der Waals surface area contributed by atoms with Gasteiger partial charge in [-0.15, -0.1) is 0 Å². The minimum Gasteiger partial charge on any atom is -0.477 e. The first-order valence-electron chi connectivity index (χ1n) is 6.23. The second-order valence-corrected chi connectivity index (χ2v) is 5.70. The number of carboxylic acid groups (broad SMARTS) is 1. The van der Waals surface area contributed by atoms with Crippen molar-refractivity contribution in [1.82, 2.24) is 4.40 Å². The zero-order chi connectivity index (χ0) is 14.1. The van der Waals surface area contributed by atoms with Crippen molar-refractivity contribution < 1.29 is 9.90 Å². The molecule has 3 nitrogen and oxygen atoms in total. The van der Waals surface area contributed by atoms with Crippen molar-refractivity contribution in [1.29, 1.82) is 0 Å². The summed E-state index contributed by atoms with van der Waals surface area (Å²) in [7, 11) is 0. The van der Waals surface area contributed by atoms with Gasteiger partial charge >= 0.3 is 5.97 Å². The first-order chi connectivity index (χ1) is 9.65. The van der Waals surface area contributed by atoms with Gasteiger partial charge in [0.2, 0.25) is 0 Å². The number of fused-ring (bicyclic) bond motifs is 1. The first-order valence-corrected chi connectivity index (χ1v) is 7.05. The van der Waals surface area contributed by atoms with Crippen LogP contribution in [0.2, 0.25) is 0 Å². The Hall–Kier alpha value is -2.20. The van der Waals surface area contributed by atoms with Crippen LogP contribution in [0.3, 0.4) is 0 Å². The van der Waals surface area contributed by atoms with E-state index in [9.17, 15) is 9.90 Å². The number of hydrogen-bond acceptors (Lipinski definition) is 2.